The van der Waals surface area contributed by atoms with E-state index in [4.69, 9.17) is 5.84 Å². The third-order valence-corrected chi connectivity index (χ3v) is 4.13. The van der Waals surface area contributed by atoms with Crippen LogP contribution in [0.1, 0.15) is 33.6 Å². The number of nitrogens with zero attached hydrogens (tertiary/aromatic N) is 1. The van der Waals surface area contributed by atoms with Crippen molar-refractivity contribution in [3.63, 3.8) is 0 Å². The van der Waals surface area contributed by atoms with Gasteiger partial charge in [-0.25, -0.2) is 0 Å². The van der Waals surface area contributed by atoms with Gasteiger partial charge in [-0.1, -0.05) is 20.8 Å². The number of rotatable bonds is 1. The minimum Gasteiger partial charge on any atom is -0.323 e. The highest BCUT2D eigenvalue weighted by atomic mass is 15.1. The lowest BCUT2D eigenvalue weighted by Crippen LogP contribution is -2.12. The van der Waals surface area contributed by atoms with Gasteiger partial charge in [0.1, 0.15) is 0 Å². The maximum Gasteiger partial charge on any atom is 0.0412 e. The maximum absolute atomic E-state index is 5.35. The number of fused-ring (bicyclic) bond motifs is 1. The summed E-state index contributed by atoms with van der Waals surface area (Å²) in [6.07, 6.45) is 2.57. The zero-order valence-corrected chi connectivity index (χ0v) is 8.17. The third-order valence-electron chi connectivity index (χ3n) is 4.13. The molecule has 0 radical (unpaired) electrons. The van der Waals surface area contributed by atoms with Gasteiger partial charge in [0.25, 0.3) is 0 Å². The SMILES string of the molecule is CC(C)[C@]12C/C(=N\N)[C@H](C)[C@H]1C2. The van der Waals surface area contributed by atoms with Crippen LogP contribution in [0.4, 0.5) is 0 Å². The molecule has 0 spiro atoms. The lowest BCUT2D eigenvalue weighted by atomic mass is 9.90. The van der Waals surface area contributed by atoms with Crippen molar-refractivity contribution < 1.29 is 0 Å². The molecule has 0 aromatic heterocycles. The Morgan fingerprint density at radius 1 is 1.58 bits per heavy atom. The Morgan fingerprint density at radius 3 is 2.58 bits per heavy atom. The predicted molar refractivity (Wildman–Crippen MR) is 50.8 cm³/mol. The highest BCUT2D eigenvalue weighted by Gasteiger charge is 2.63. The standard InChI is InChI=1S/C10H18N2/c1-6(2)10-4-8(10)7(3)9(5-10)12-11/h6-8H,4-5,11H2,1-3H3/b12-9+/t7-,8-,10+/m1/s1. The molecule has 68 valence electrons. The lowest BCUT2D eigenvalue weighted by molar-refractivity contribution is 0.349. The van der Waals surface area contributed by atoms with Crippen LogP contribution in [0.25, 0.3) is 0 Å². The molecule has 0 heterocycles. The van der Waals surface area contributed by atoms with Crippen molar-refractivity contribution in [3.8, 4) is 0 Å². The second kappa shape index (κ2) is 2.24. The zero-order chi connectivity index (χ0) is 8.93. The van der Waals surface area contributed by atoms with Crippen molar-refractivity contribution in [1.29, 1.82) is 0 Å². The van der Waals surface area contributed by atoms with E-state index in [1.54, 1.807) is 0 Å². The Hall–Kier alpha value is -0.530. The van der Waals surface area contributed by atoms with Gasteiger partial charge in [-0.05, 0) is 36.0 Å². The molecule has 2 aliphatic rings. The van der Waals surface area contributed by atoms with Gasteiger partial charge in [-0.15, -0.1) is 0 Å². The fourth-order valence-corrected chi connectivity index (χ4v) is 2.99. The second-order valence-corrected chi connectivity index (χ2v) is 4.78. The predicted octanol–water partition coefficient (Wildman–Crippen LogP) is 2.00. The van der Waals surface area contributed by atoms with Gasteiger partial charge < -0.3 is 5.84 Å². The van der Waals surface area contributed by atoms with Crippen LogP contribution >= 0.6 is 0 Å². The summed E-state index contributed by atoms with van der Waals surface area (Å²) in [5.41, 5.74) is 1.84. The van der Waals surface area contributed by atoms with E-state index in [-0.39, 0.29) is 0 Å². The maximum atomic E-state index is 5.35. The molecule has 2 fully saturated rings. The lowest BCUT2D eigenvalue weighted by Gasteiger charge is -2.15. The van der Waals surface area contributed by atoms with Crippen LogP contribution in [0, 0.1) is 23.2 Å². The molecule has 0 aliphatic heterocycles. The van der Waals surface area contributed by atoms with Gasteiger partial charge in [-0.3, -0.25) is 0 Å². The molecule has 2 aliphatic carbocycles. The Kier molecular flexibility index (Phi) is 1.51. The van der Waals surface area contributed by atoms with E-state index in [1.165, 1.54) is 12.1 Å². The minimum absolute atomic E-state index is 0.595. The van der Waals surface area contributed by atoms with Crippen molar-refractivity contribution >= 4 is 5.71 Å². The van der Waals surface area contributed by atoms with Gasteiger partial charge in [-0.2, -0.15) is 5.10 Å². The van der Waals surface area contributed by atoms with E-state index < -0.39 is 0 Å². The molecule has 0 amide bonds. The van der Waals surface area contributed by atoms with E-state index >= 15 is 0 Å². The first-order valence-electron chi connectivity index (χ1n) is 4.88. The van der Waals surface area contributed by atoms with Gasteiger partial charge in [0.05, 0.1) is 0 Å². The van der Waals surface area contributed by atoms with Crippen LogP contribution in [-0.2, 0) is 0 Å². The van der Waals surface area contributed by atoms with Crippen molar-refractivity contribution in [2.75, 3.05) is 0 Å². The summed E-state index contributed by atoms with van der Waals surface area (Å²) in [5, 5.41) is 3.89. The van der Waals surface area contributed by atoms with Crippen LogP contribution in [0.2, 0.25) is 0 Å². The average Bonchev–Trinajstić information content (AvgIpc) is 2.69. The molecule has 0 aromatic rings. The van der Waals surface area contributed by atoms with E-state index in [0.29, 0.717) is 11.3 Å². The van der Waals surface area contributed by atoms with Gasteiger partial charge in [0.15, 0.2) is 0 Å². The van der Waals surface area contributed by atoms with Crippen LogP contribution < -0.4 is 5.84 Å². The van der Waals surface area contributed by atoms with Gasteiger partial charge >= 0.3 is 0 Å². The fraction of sp³-hybridized carbons (Fsp3) is 0.900. The zero-order valence-electron chi connectivity index (χ0n) is 8.17. The van der Waals surface area contributed by atoms with Crippen molar-refractivity contribution in [3.05, 3.63) is 0 Å². The normalized spacial score (nSPS) is 48.5. The van der Waals surface area contributed by atoms with Crippen LogP contribution in [-0.4, -0.2) is 5.71 Å². The summed E-state index contributed by atoms with van der Waals surface area (Å²) in [7, 11) is 0. The van der Waals surface area contributed by atoms with Crippen LogP contribution in [0.15, 0.2) is 5.10 Å². The summed E-state index contributed by atoms with van der Waals surface area (Å²) in [5.74, 6) is 7.69. The highest BCUT2D eigenvalue weighted by Crippen LogP contribution is 2.68. The van der Waals surface area contributed by atoms with Gasteiger partial charge in [0.2, 0.25) is 0 Å². The summed E-state index contributed by atoms with van der Waals surface area (Å²) in [4.78, 5) is 0. The minimum atomic E-state index is 0.595. The topological polar surface area (TPSA) is 38.4 Å². The number of hydrogen-bond donors (Lipinski definition) is 1. The molecule has 2 rings (SSSR count). The van der Waals surface area contributed by atoms with E-state index in [0.717, 1.165) is 18.3 Å². The Labute approximate surface area is 74.2 Å². The smallest absolute Gasteiger partial charge is 0.0412 e. The Morgan fingerprint density at radius 2 is 2.25 bits per heavy atom. The largest absolute Gasteiger partial charge is 0.323 e. The molecule has 0 bridgehead atoms. The van der Waals surface area contributed by atoms with Crippen LogP contribution in [0.5, 0.6) is 0 Å². The Bertz CT molecular complexity index is 232. The molecular weight excluding hydrogens is 148 g/mol. The van der Waals surface area contributed by atoms with Crippen LogP contribution in [0.3, 0.4) is 0 Å². The number of nitrogens with two attached hydrogens (primary N) is 1. The fourth-order valence-electron chi connectivity index (χ4n) is 2.99. The first-order chi connectivity index (χ1) is 5.62. The molecule has 2 N–H and O–H groups in total. The summed E-state index contributed by atoms with van der Waals surface area (Å²) >= 11 is 0. The molecule has 2 saturated carbocycles. The van der Waals surface area contributed by atoms with Crippen molar-refractivity contribution in [1.82, 2.24) is 0 Å². The summed E-state index contributed by atoms with van der Waals surface area (Å²) in [6.45, 7) is 6.92. The quantitative estimate of drug-likeness (QED) is 0.469. The number of hydrazone groups is 1. The summed E-state index contributed by atoms with van der Waals surface area (Å²) in [6, 6.07) is 0. The van der Waals surface area contributed by atoms with Crippen molar-refractivity contribution in [2.45, 2.75) is 33.6 Å². The number of hydrogen-bond acceptors (Lipinski definition) is 2. The molecule has 0 aromatic carbocycles. The van der Waals surface area contributed by atoms with E-state index in [1.807, 2.05) is 0 Å². The first-order valence-corrected chi connectivity index (χ1v) is 4.88. The molecule has 12 heavy (non-hydrogen) atoms. The molecule has 0 unspecified atom stereocenters. The molecule has 2 nitrogen and oxygen atoms in total. The second-order valence-electron chi connectivity index (χ2n) is 4.78. The monoisotopic (exact) mass is 166 g/mol. The summed E-state index contributed by atoms with van der Waals surface area (Å²) < 4.78 is 0. The molecule has 2 heteroatoms. The first kappa shape index (κ1) is 8.09. The molecular formula is C10H18N2. The molecule has 3 atom stereocenters. The van der Waals surface area contributed by atoms with E-state index in [9.17, 15) is 0 Å². The Balaban J connectivity index is 2.20. The average molecular weight is 166 g/mol. The van der Waals surface area contributed by atoms with E-state index in [2.05, 4.69) is 25.9 Å². The van der Waals surface area contributed by atoms with Gasteiger partial charge in [0, 0.05) is 5.71 Å². The third kappa shape index (κ3) is 0.782. The van der Waals surface area contributed by atoms with Crippen molar-refractivity contribution in [2.24, 2.45) is 34.1 Å². The highest BCUT2D eigenvalue weighted by molar-refractivity contribution is 5.91. The molecule has 0 saturated heterocycles.